The molecule has 3 atom stereocenters. The van der Waals surface area contributed by atoms with Gasteiger partial charge in [0.15, 0.2) is 11.6 Å². The van der Waals surface area contributed by atoms with Gasteiger partial charge in [0.1, 0.15) is 11.9 Å². The Kier molecular flexibility index (Phi) is 8.46. The molecule has 1 aliphatic rings. The van der Waals surface area contributed by atoms with Crippen molar-refractivity contribution < 1.29 is 27.8 Å². The van der Waals surface area contributed by atoms with Crippen LogP contribution in [0.15, 0.2) is 48.7 Å². The number of carbonyl (C=O) groups is 1. The fourth-order valence-electron chi connectivity index (χ4n) is 5.19. The molecular weight excluding hydrogens is 469 g/mol. The first-order valence-corrected chi connectivity index (χ1v) is 12.3. The number of halogens is 3. The van der Waals surface area contributed by atoms with Crippen LogP contribution >= 0.6 is 0 Å². The molecule has 1 fully saturated rings. The topological polar surface area (TPSA) is 62.7 Å². The van der Waals surface area contributed by atoms with Crippen molar-refractivity contribution in [1.29, 1.82) is 0 Å². The maximum Gasteiger partial charge on any atom is 0.308 e. The number of fused-ring (bicyclic) bond motifs is 1. The molecule has 192 valence electrons. The van der Waals surface area contributed by atoms with Gasteiger partial charge in [0.05, 0.1) is 18.5 Å². The molecule has 0 amide bonds. The third kappa shape index (κ3) is 5.98. The first kappa shape index (κ1) is 25.9. The number of rotatable bonds is 10. The number of hydrogen-bond donors (Lipinski definition) is 1. The van der Waals surface area contributed by atoms with E-state index < -0.39 is 29.7 Å². The third-order valence-corrected chi connectivity index (χ3v) is 7.22. The average molecular weight is 501 g/mol. The number of benzene rings is 2. The van der Waals surface area contributed by atoms with E-state index in [-0.39, 0.29) is 12.3 Å². The normalized spacial score (nSPS) is 19.3. The zero-order valence-electron chi connectivity index (χ0n) is 20.3. The summed E-state index contributed by atoms with van der Waals surface area (Å²) in [6, 6.07) is 11.2. The Morgan fingerprint density at radius 2 is 2.08 bits per heavy atom. The minimum Gasteiger partial charge on any atom is -0.497 e. The molecule has 1 aromatic heterocycles. The second-order valence-electron chi connectivity index (χ2n) is 9.44. The highest BCUT2D eigenvalue weighted by atomic mass is 19.2. The van der Waals surface area contributed by atoms with Crippen LogP contribution in [0.5, 0.6) is 5.75 Å². The lowest BCUT2D eigenvalue weighted by Gasteiger charge is -2.37. The summed E-state index contributed by atoms with van der Waals surface area (Å²) in [4.78, 5) is 18.4. The van der Waals surface area contributed by atoms with E-state index in [2.05, 4.69) is 9.88 Å². The van der Waals surface area contributed by atoms with Crippen molar-refractivity contribution in [3.8, 4) is 5.75 Å². The Bertz CT molecular complexity index is 1210. The first-order chi connectivity index (χ1) is 17.4. The van der Waals surface area contributed by atoms with Crippen LogP contribution in [0.25, 0.3) is 10.9 Å². The molecule has 0 radical (unpaired) electrons. The summed E-state index contributed by atoms with van der Waals surface area (Å²) in [5.74, 6) is -2.64. The van der Waals surface area contributed by atoms with Gasteiger partial charge in [-0.1, -0.05) is 12.1 Å². The van der Waals surface area contributed by atoms with Crippen LogP contribution in [0.2, 0.25) is 0 Å². The van der Waals surface area contributed by atoms with Crippen molar-refractivity contribution in [2.45, 2.75) is 38.3 Å². The molecule has 2 heterocycles. The lowest BCUT2D eigenvalue weighted by Crippen LogP contribution is -2.44. The number of methoxy groups -OCH3 is 1. The summed E-state index contributed by atoms with van der Waals surface area (Å²) in [5, 5.41) is 10.5. The van der Waals surface area contributed by atoms with Gasteiger partial charge >= 0.3 is 5.97 Å². The Balaban J connectivity index is 1.33. The molecule has 4 rings (SSSR count). The molecule has 5 nitrogen and oxygen atoms in total. The molecule has 0 aliphatic carbocycles. The predicted octanol–water partition coefficient (Wildman–Crippen LogP) is 5.97. The van der Waals surface area contributed by atoms with E-state index in [9.17, 15) is 18.7 Å². The molecule has 1 aliphatic heterocycles. The molecule has 2 aromatic carbocycles. The van der Waals surface area contributed by atoms with E-state index in [0.717, 1.165) is 6.07 Å². The summed E-state index contributed by atoms with van der Waals surface area (Å²) in [6.07, 6.45) is 2.68. The Labute approximate surface area is 208 Å². The number of ether oxygens (including phenoxy) is 1. The average Bonchev–Trinajstić information content (AvgIpc) is 2.89. The minimum atomic E-state index is -1.24. The van der Waals surface area contributed by atoms with Crippen molar-refractivity contribution in [1.82, 2.24) is 9.88 Å². The molecule has 0 bridgehead atoms. The largest absolute Gasteiger partial charge is 0.497 e. The maximum atomic E-state index is 15.4. The summed E-state index contributed by atoms with van der Waals surface area (Å²) >= 11 is 0. The monoisotopic (exact) mass is 500 g/mol. The lowest BCUT2D eigenvalue weighted by atomic mass is 9.81. The van der Waals surface area contributed by atoms with Crippen LogP contribution in [0.1, 0.15) is 43.0 Å². The third-order valence-electron chi connectivity index (χ3n) is 7.22. The first-order valence-electron chi connectivity index (χ1n) is 12.3. The van der Waals surface area contributed by atoms with E-state index in [1.54, 1.807) is 43.6 Å². The van der Waals surface area contributed by atoms with Crippen LogP contribution in [0, 0.1) is 23.5 Å². The fourth-order valence-corrected chi connectivity index (χ4v) is 5.19. The van der Waals surface area contributed by atoms with E-state index in [1.165, 1.54) is 6.07 Å². The quantitative estimate of drug-likeness (QED) is 0.372. The second-order valence-corrected chi connectivity index (χ2v) is 9.44. The molecule has 0 spiro atoms. The standard InChI is InChI=1S/C28H31F3N2O3/c1-36-20-8-10-26-22(16-20)21(11-13-32-26)24(29)9-7-18-12-15-33(17-23(18)28(34)35)14-3-5-19-4-2-6-25(30)27(19)31/h2,4,6,8,10-11,13,16,18,23-24H,3,5,7,9,12,14-15,17H2,1H3,(H,34,35)/t18-,23+,24-/m1/s1. The Morgan fingerprint density at radius 1 is 1.25 bits per heavy atom. The highest BCUT2D eigenvalue weighted by Gasteiger charge is 2.34. The van der Waals surface area contributed by atoms with Crippen molar-refractivity contribution in [3.05, 3.63) is 71.4 Å². The van der Waals surface area contributed by atoms with Crippen molar-refractivity contribution in [2.24, 2.45) is 11.8 Å². The van der Waals surface area contributed by atoms with Crippen LogP contribution in [0.3, 0.4) is 0 Å². The van der Waals surface area contributed by atoms with Crippen LogP contribution in [0.4, 0.5) is 13.2 Å². The number of alkyl halides is 1. The number of nitrogens with zero attached hydrogens (tertiary/aromatic N) is 2. The van der Waals surface area contributed by atoms with Crippen LogP contribution in [-0.2, 0) is 11.2 Å². The van der Waals surface area contributed by atoms with Gasteiger partial charge < -0.3 is 14.7 Å². The van der Waals surface area contributed by atoms with Crippen LogP contribution in [-0.4, -0.2) is 47.7 Å². The van der Waals surface area contributed by atoms with Gasteiger partial charge in [-0.25, -0.2) is 13.2 Å². The molecule has 0 saturated carbocycles. The summed E-state index contributed by atoms with van der Waals surface area (Å²) in [7, 11) is 1.56. The molecule has 1 saturated heterocycles. The van der Waals surface area contributed by atoms with Gasteiger partial charge in [-0.3, -0.25) is 9.78 Å². The summed E-state index contributed by atoms with van der Waals surface area (Å²) in [5.41, 5.74) is 1.55. The number of hydrogen-bond acceptors (Lipinski definition) is 4. The number of pyridine rings is 1. The fraction of sp³-hybridized carbons (Fsp3) is 0.429. The summed E-state index contributed by atoms with van der Waals surface area (Å²) in [6.45, 7) is 1.67. The van der Waals surface area contributed by atoms with Crippen molar-refractivity contribution >= 4 is 16.9 Å². The summed E-state index contributed by atoms with van der Waals surface area (Å²) < 4.78 is 47.9. The highest BCUT2D eigenvalue weighted by molar-refractivity contribution is 5.83. The zero-order valence-corrected chi connectivity index (χ0v) is 20.3. The Morgan fingerprint density at radius 3 is 2.86 bits per heavy atom. The number of aliphatic carboxylic acids is 1. The van der Waals surface area contributed by atoms with Crippen molar-refractivity contribution in [2.75, 3.05) is 26.7 Å². The van der Waals surface area contributed by atoms with Gasteiger partial charge in [-0.2, -0.15) is 0 Å². The number of carboxylic acid groups (broad SMARTS) is 1. The molecular formula is C28H31F3N2O3. The zero-order chi connectivity index (χ0) is 25.7. The Hall–Kier alpha value is -3.13. The minimum absolute atomic E-state index is 0.125. The number of piperidine rings is 1. The molecule has 36 heavy (non-hydrogen) atoms. The van der Waals surface area contributed by atoms with Gasteiger partial charge in [0.2, 0.25) is 0 Å². The van der Waals surface area contributed by atoms with Crippen LogP contribution < -0.4 is 4.74 Å². The van der Waals surface area contributed by atoms with Gasteiger partial charge in [-0.05, 0) is 92.6 Å². The second kappa shape index (κ2) is 11.7. The van der Waals surface area contributed by atoms with Crippen molar-refractivity contribution in [3.63, 3.8) is 0 Å². The molecule has 8 heteroatoms. The maximum absolute atomic E-state index is 15.4. The van der Waals surface area contributed by atoms with Gasteiger partial charge in [0.25, 0.3) is 0 Å². The van der Waals surface area contributed by atoms with Gasteiger partial charge in [-0.15, -0.1) is 0 Å². The number of aromatic nitrogens is 1. The van der Waals surface area contributed by atoms with E-state index in [0.29, 0.717) is 73.1 Å². The SMILES string of the molecule is COc1ccc2nccc([C@H](F)CC[C@@H]3CCN(CCCc4cccc(F)c4F)C[C@@H]3C(=O)O)c2c1. The smallest absolute Gasteiger partial charge is 0.308 e. The lowest BCUT2D eigenvalue weighted by molar-refractivity contribution is -0.146. The van der Waals surface area contributed by atoms with E-state index >= 15 is 4.39 Å². The number of likely N-dealkylation sites (tertiary alicyclic amines) is 1. The number of aryl methyl sites for hydroxylation is 1. The molecule has 1 N–H and O–H groups in total. The molecule has 0 unspecified atom stereocenters. The molecule has 3 aromatic rings. The van der Waals surface area contributed by atoms with E-state index in [4.69, 9.17) is 4.74 Å². The van der Waals surface area contributed by atoms with E-state index in [1.807, 2.05) is 0 Å². The highest BCUT2D eigenvalue weighted by Crippen LogP contribution is 2.35. The van der Waals surface area contributed by atoms with Gasteiger partial charge in [0, 0.05) is 18.1 Å². The number of carboxylic acids is 1. The predicted molar refractivity (Wildman–Crippen MR) is 132 cm³/mol.